The number of unbranched alkanes of at least 4 members (excludes halogenated alkanes) is 2. The molecule has 0 aliphatic carbocycles. The van der Waals surface area contributed by atoms with Crippen LogP contribution in [-0.4, -0.2) is 192 Å². The molecule has 0 rings (SSSR count). The van der Waals surface area contributed by atoms with E-state index in [1.54, 1.807) is 47.8 Å². The number of carbonyl (C=O) groups excluding carboxylic acids is 13. The van der Waals surface area contributed by atoms with E-state index < -0.39 is 188 Å². The fourth-order valence-electron chi connectivity index (χ4n) is 8.12. The highest BCUT2D eigenvalue weighted by molar-refractivity contribution is 7.98. The summed E-state index contributed by atoms with van der Waals surface area (Å²) in [5.74, 6) is -14.4. The smallest absolute Gasteiger partial charge is 0.326 e. The van der Waals surface area contributed by atoms with Crippen LogP contribution >= 0.6 is 11.8 Å². The molecule has 0 aromatic carbocycles. The molecule has 24 N–H and O–H groups in total. The zero-order valence-electron chi connectivity index (χ0n) is 50.4. The van der Waals surface area contributed by atoms with Crippen molar-refractivity contribution in [2.24, 2.45) is 52.2 Å². The second-order valence-corrected chi connectivity index (χ2v) is 22.6. The zero-order chi connectivity index (χ0) is 65.8. The molecule has 0 saturated heterocycles. The molecule has 0 aromatic rings. The van der Waals surface area contributed by atoms with Crippen LogP contribution in [0.5, 0.6) is 0 Å². The minimum Gasteiger partial charge on any atom is -0.480 e. The van der Waals surface area contributed by atoms with Gasteiger partial charge in [0.05, 0.1) is 25.6 Å². The van der Waals surface area contributed by atoms with Crippen LogP contribution in [0.25, 0.3) is 0 Å². The number of hydrogen-bond acceptors (Lipinski definition) is 19. The largest absolute Gasteiger partial charge is 0.480 e. The van der Waals surface area contributed by atoms with Crippen LogP contribution < -0.4 is 87.6 Å². The maximum atomic E-state index is 14.3. The molecule has 11 atom stereocenters. The molecule has 32 nitrogen and oxygen atoms in total. The van der Waals surface area contributed by atoms with Gasteiger partial charge in [-0.15, -0.1) is 0 Å². The molecule has 0 aliphatic heterocycles. The van der Waals surface area contributed by atoms with Crippen LogP contribution in [0.4, 0.5) is 0 Å². The summed E-state index contributed by atoms with van der Waals surface area (Å²) in [6.45, 7) is 8.74. The van der Waals surface area contributed by atoms with E-state index in [0.29, 0.717) is 25.0 Å². The van der Waals surface area contributed by atoms with Crippen molar-refractivity contribution >= 4 is 94.5 Å². The fraction of sp³-hybridized carbons (Fsp3) is 0.736. The van der Waals surface area contributed by atoms with Gasteiger partial charge in [0.25, 0.3) is 0 Å². The number of nitrogens with one attached hydrogen (secondary N) is 10. The van der Waals surface area contributed by atoms with E-state index in [0.717, 1.165) is 0 Å². The number of primary amides is 3. The van der Waals surface area contributed by atoms with E-state index in [-0.39, 0.29) is 69.9 Å². The number of aliphatic hydroxyl groups is 1. The van der Waals surface area contributed by atoms with E-state index >= 15 is 0 Å². The molecular formula is C53H96N16O16S. The second-order valence-electron chi connectivity index (χ2n) is 21.6. The Morgan fingerprint density at radius 3 is 1.28 bits per heavy atom. The molecule has 0 spiro atoms. The van der Waals surface area contributed by atoms with Gasteiger partial charge in [-0.25, -0.2) is 4.79 Å². The van der Waals surface area contributed by atoms with Crippen LogP contribution in [0.3, 0.4) is 0 Å². The summed E-state index contributed by atoms with van der Waals surface area (Å²) in [7, 11) is 0. The van der Waals surface area contributed by atoms with Crippen molar-refractivity contribution < 1.29 is 77.3 Å². The molecule has 33 heteroatoms. The molecule has 0 radical (unpaired) electrons. The van der Waals surface area contributed by atoms with E-state index in [9.17, 15) is 77.3 Å². The molecule has 0 unspecified atom stereocenters. The van der Waals surface area contributed by atoms with Gasteiger partial charge in [-0.3, -0.25) is 62.3 Å². The number of nitrogens with two attached hydrogens (primary N) is 6. The molecule has 0 aliphatic rings. The average Bonchev–Trinajstić information content (AvgIpc) is 3.36. The Morgan fingerprint density at radius 2 is 0.884 bits per heavy atom. The summed E-state index contributed by atoms with van der Waals surface area (Å²) in [4.78, 5) is 184. The van der Waals surface area contributed by atoms with Crippen molar-refractivity contribution in [1.82, 2.24) is 53.2 Å². The summed E-state index contributed by atoms with van der Waals surface area (Å²) in [5.41, 5.74) is 33.5. The van der Waals surface area contributed by atoms with E-state index in [1.807, 2.05) is 0 Å². The number of carboxylic acid groups (broad SMARTS) is 1. The summed E-state index contributed by atoms with van der Waals surface area (Å²) in [6.07, 6.45) is 0.775. The first-order chi connectivity index (χ1) is 40.4. The van der Waals surface area contributed by atoms with Crippen molar-refractivity contribution in [3.63, 3.8) is 0 Å². The van der Waals surface area contributed by atoms with Gasteiger partial charge in [0.15, 0.2) is 0 Å². The predicted molar refractivity (Wildman–Crippen MR) is 316 cm³/mol. The number of hydrogen-bond donors (Lipinski definition) is 18. The van der Waals surface area contributed by atoms with Gasteiger partial charge >= 0.3 is 5.97 Å². The van der Waals surface area contributed by atoms with Crippen molar-refractivity contribution in [2.45, 2.75) is 192 Å². The van der Waals surface area contributed by atoms with Crippen LogP contribution in [-0.2, 0) is 67.1 Å². The second kappa shape index (κ2) is 42.6. The normalized spacial score (nSPS) is 15.0. The molecule has 0 fully saturated rings. The van der Waals surface area contributed by atoms with Crippen molar-refractivity contribution in [2.75, 3.05) is 38.2 Å². The van der Waals surface area contributed by atoms with Gasteiger partial charge in [-0.2, -0.15) is 11.8 Å². The Labute approximate surface area is 505 Å². The average molecular weight is 1250 g/mol. The monoisotopic (exact) mass is 1240 g/mol. The first kappa shape index (κ1) is 78.8. The standard InChI is InChI=1S/C53H96N16O16S/c1-8-29(6)43(52(83)65-34(53(84)85)19-22-86-7)69-41(74)25-60-44(75)37(26-70)68-46(77)31(14-10-12-21-55)61-45(76)30(13-9-11-20-54)62-49(80)35(23-27(2)3)66-50(81)36(24-40(58)73)67-48(79)32(15-17-38(56)71)63-47(78)33(16-18-39(57)72)64-51(82)42(59)28(4)5/h27-37,42-43,70H,8-26,54-55,59H2,1-7H3,(H2,56,71)(H2,57,72)(H2,58,73)(H,60,75)(H,61,76)(H,62,80)(H,63,78)(H,64,82)(H,65,83)(H,66,81)(H,67,79)(H,68,77)(H,69,74)(H,84,85)/t29-,30-,31-,32-,33-,34-,35-,36-,37-,42-,43-/m0/s1. The quantitative estimate of drug-likeness (QED) is 0.0252. The predicted octanol–water partition coefficient (Wildman–Crippen LogP) is -5.96. The molecule has 0 bridgehead atoms. The number of carbonyl (C=O) groups is 14. The molecule has 86 heavy (non-hydrogen) atoms. The maximum absolute atomic E-state index is 14.3. The Kier molecular flexibility index (Phi) is 39.0. The van der Waals surface area contributed by atoms with Crippen molar-refractivity contribution in [3.05, 3.63) is 0 Å². The molecule has 0 aromatic heterocycles. The lowest BCUT2D eigenvalue weighted by molar-refractivity contribution is -0.142. The summed E-state index contributed by atoms with van der Waals surface area (Å²) < 4.78 is 0. The molecule has 13 amide bonds. The van der Waals surface area contributed by atoms with Crippen LogP contribution in [0.2, 0.25) is 0 Å². The molecule has 0 saturated carbocycles. The first-order valence-electron chi connectivity index (χ1n) is 28.7. The number of thioether (sulfide) groups is 1. The van der Waals surface area contributed by atoms with Crippen LogP contribution in [0.1, 0.15) is 131 Å². The van der Waals surface area contributed by atoms with Gasteiger partial charge in [-0.05, 0) is 107 Å². The van der Waals surface area contributed by atoms with Crippen molar-refractivity contribution in [3.8, 4) is 0 Å². The zero-order valence-corrected chi connectivity index (χ0v) is 51.2. The van der Waals surface area contributed by atoms with E-state index in [2.05, 4.69) is 53.2 Å². The number of aliphatic hydroxyl groups excluding tert-OH is 1. The van der Waals surface area contributed by atoms with Gasteiger partial charge in [0, 0.05) is 12.8 Å². The number of carboxylic acids is 1. The topological polar surface area (TPSA) is 556 Å². The first-order valence-corrected chi connectivity index (χ1v) is 30.1. The molecular weight excluding hydrogens is 1150 g/mol. The highest BCUT2D eigenvalue weighted by Gasteiger charge is 2.36. The number of amides is 13. The number of rotatable bonds is 46. The summed E-state index contributed by atoms with van der Waals surface area (Å²) >= 11 is 1.38. The minimum absolute atomic E-state index is 0.0634. The lowest BCUT2D eigenvalue weighted by atomic mass is 9.97. The Hall–Kier alpha value is -7.23. The SMILES string of the molecule is CC[C@H](C)[C@H](NC(=O)CNC(=O)[C@H](CO)NC(=O)[C@H](CCCCN)NC(=O)[C@H](CCCCN)NC(=O)[C@H](CC(C)C)NC(=O)[C@H](CC(N)=O)NC(=O)[C@H](CCC(N)=O)NC(=O)[C@H](CCC(N)=O)NC(=O)[C@@H](N)C(C)C)C(=O)N[C@@H](CCSC)C(=O)O. The van der Waals surface area contributed by atoms with Crippen LogP contribution in [0, 0.1) is 17.8 Å². The summed E-state index contributed by atoms with van der Waals surface area (Å²) in [6, 6.07) is -14.5. The fourth-order valence-corrected chi connectivity index (χ4v) is 8.59. The van der Waals surface area contributed by atoms with Gasteiger partial charge in [0.1, 0.15) is 54.4 Å². The third kappa shape index (κ3) is 31.8. The van der Waals surface area contributed by atoms with Gasteiger partial charge in [-0.1, -0.05) is 48.0 Å². The van der Waals surface area contributed by atoms with E-state index in [1.165, 1.54) is 11.8 Å². The maximum Gasteiger partial charge on any atom is 0.326 e. The molecule has 490 valence electrons. The highest BCUT2D eigenvalue weighted by Crippen LogP contribution is 2.13. The Balaban J connectivity index is 6.70. The third-order valence-electron chi connectivity index (χ3n) is 13.5. The van der Waals surface area contributed by atoms with E-state index in [4.69, 9.17) is 34.4 Å². The van der Waals surface area contributed by atoms with Gasteiger partial charge < -0.3 is 97.8 Å². The highest BCUT2D eigenvalue weighted by atomic mass is 32.2. The van der Waals surface area contributed by atoms with Crippen molar-refractivity contribution in [1.29, 1.82) is 0 Å². The third-order valence-corrected chi connectivity index (χ3v) is 14.1. The van der Waals surface area contributed by atoms with Gasteiger partial charge in [0.2, 0.25) is 76.8 Å². The van der Waals surface area contributed by atoms with Crippen LogP contribution in [0.15, 0.2) is 0 Å². The Morgan fingerprint density at radius 1 is 0.477 bits per heavy atom. The molecule has 0 heterocycles. The summed E-state index contributed by atoms with van der Waals surface area (Å²) in [5, 5.41) is 44.2. The number of aliphatic carboxylic acids is 1. The lowest BCUT2D eigenvalue weighted by Gasteiger charge is -2.28. The minimum atomic E-state index is -1.84. The Bertz CT molecular complexity index is 2280. The lowest BCUT2D eigenvalue weighted by Crippen LogP contribution is -2.61.